The zero-order valence-corrected chi connectivity index (χ0v) is 14.7. The molecule has 3 nitrogen and oxygen atoms in total. The van der Waals surface area contributed by atoms with E-state index in [1.54, 1.807) is 0 Å². The van der Waals surface area contributed by atoms with Crippen LogP contribution >= 0.6 is 0 Å². The topological polar surface area (TPSA) is 37.9 Å². The van der Waals surface area contributed by atoms with Gasteiger partial charge in [0.25, 0.3) is 0 Å². The van der Waals surface area contributed by atoms with Crippen molar-refractivity contribution in [2.75, 3.05) is 0 Å². The molecule has 0 aromatic carbocycles. The van der Waals surface area contributed by atoms with Gasteiger partial charge in [0.2, 0.25) is 0 Å². The molecular formula is C20H30N2O. The standard InChI is InChI=1S/C20H30N2O/c1-15(21-17-9-5-3-6-10-17)19-13-14-20(23-19)16(2)22-18-11-7-4-8-12-18/h13-14,17-18H,3-12H2,1-2H3. The van der Waals surface area contributed by atoms with E-state index in [2.05, 4.69) is 26.0 Å². The average molecular weight is 314 g/mol. The highest BCUT2D eigenvalue weighted by Gasteiger charge is 2.16. The zero-order valence-electron chi connectivity index (χ0n) is 14.7. The lowest BCUT2D eigenvalue weighted by Gasteiger charge is -2.18. The van der Waals surface area contributed by atoms with Crippen LogP contribution in [0.1, 0.15) is 89.6 Å². The quantitative estimate of drug-likeness (QED) is 0.670. The molecule has 0 unspecified atom stereocenters. The van der Waals surface area contributed by atoms with Crippen LogP contribution in [0.15, 0.2) is 26.5 Å². The number of aliphatic imine (C=N–C) groups is 2. The van der Waals surface area contributed by atoms with Crippen molar-refractivity contribution in [2.24, 2.45) is 9.98 Å². The van der Waals surface area contributed by atoms with Gasteiger partial charge in [0.15, 0.2) is 0 Å². The molecule has 0 aliphatic heterocycles. The smallest absolute Gasteiger partial charge is 0.148 e. The highest BCUT2D eigenvalue weighted by atomic mass is 16.3. The Labute approximate surface area is 140 Å². The summed E-state index contributed by atoms with van der Waals surface area (Å²) in [6.07, 6.45) is 12.9. The van der Waals surface area contributed by atoms with Crippen LogP contribution in [0, 0.1) is 0 Å². The minimum Gasteiger partial charge on any atom is -0.454 e. The molecule has 0 N–H and O–H groups in total. The number of furan rings is 1. The van der Waals surface area contributed by atoms with Gasteiger partial charge < -0.3 is 4.42 Å². The Morgan fingerprint density at radius 2 is 1.13 bits per heavy atom. The predicted octanol–water partition coefficient (Wildman–Crippen LogP) is 5.56. The summed E-state index contributed by atoms with van der Waals surface area (Å²) in [6, 6.07) is 5.09. The van der Waals surface area contributed by atoms with E-state index in [4.69, 9.17) is 14.4 Å². The molecule has 3 heteroatoms. The molecule has 0 spiro atoms. The first-order valence-electron chi connectivity index (χ1n) is 9.42. The van der Waals surface area contributed by atoms with Gasteiger partial charge in [-0.05, 0) is 51.7 Å². The van der Waals surface area contributed by atoms with E-state index in [1.807, 2.05) is 0 Å². The van der Waals surface area contributed by atoms with Crippen molar-refractivity contribution in [3.8, 4) is 0 Å². The van der Waals surface area contributed by atoms with Crippen molar-refractivity contribution < 1.29 is 4.42 Å². The summed E-state index contributed by atoms with van der Waals surface area (Å²) in [4.78, 5) is 9.76. The lowest BCUT2D eigenvalue weighted by Crippen LogP contribution is -2.12. The molecule has 2 aliphatic carbocycles. The Morgan fingerprint density at radius 1 is 0.739 bits per heavy atom. The third kappa shape index (κ3) is 4.55. The van der Waals surface area contributed by atoms with E-state index in [0.29, 0.717) is 12.1 Å². The zero-order chi connectivity index (χ0) is 16.1. The second-order valence-electron chi connectivity index (χ2n) is 7.18. The number of hydrogen-bond acceptors (Lipinski definition) is 3. The van der Waals surface area contributed by atoms with E-state index in [9.17, 15) is 0 Å². The molecule has 2 fully saturated rings. The summed E-state index contributed by atoms with van der Waals surface area (Å²) < 4.78 is 6.03. The molecule has 0 atom stereocenters. The Morgan fingerprint density at radius 3 is 1.52 bits per heavy atom. The van der Waals surface area contributed by atoms with Gasteiger partial charge in [-0.2, -0.15) is 0 Å². The molecule has 0 bridgehead atoms. The molecule has 1 heterocycles. The lowest BCUT2D eigenvalue weighted by molar-refractivity contribution is 0.441. The number of rotatable bonds is 4. The fourth-order valence-corrected chi connectivity index (χ4v) is 3.82. The summed E-state index contributed by atoms with van der Waals surface area (Å²) in [6.45, 7) is 4.15. The molecule has 0 saturated heterocycles. The maximum atomic E-state index is 6.03. The second-order valence-corrected chi connectivity index (χ2v) is 7.18. The Kier molecular flexibility index (Phi) is 5.69. The van der Waals surface area contributed by atoms with Crippen LogP contribution < -0.4 is 0 Å². The Balaban J connectivity index is 1.66. The summed E-state index contributed by atoms with van der Waals surface area (Å²) in [5.41, 5.74) is 2.07. The Bertz CT molecular complexity index is 509. The molecule has 126 valence electrons. The fourth-order valence-electron chi connectivity index (χ4n) is 3.82. The number of hydrogen-bond donors (Lipinski definition) is 0. The van der Waals surface area contributed by atoms with Crippen LogP contribution in [0.3, 0.4) is 0 Å². The van der Waals surface area contributed by atoms with Gasteiger partial charge in [-0.25, -0.2) is 0 Å². The third-order valence-electron chi connectivity index (χ3n) is 5.22. The third-order valence-corrected chi connectivity index (χ3v) is 5.22. The van der Waals surface area contributed by atoms with Crippen molar-refractivity contribution in [3.63, 3.8) is 0 Å². The molecular weight excluding hydrogens is 284 g/mol. The van der Waals surface area contributed by atoms with E-state index < -0.39 is 0 Å². The SMILES string of the molecule is CC(=NC1CCCCC1)c1ccc(C(C)=NC2CCCCC2)o1. The second kappa shape index (κ2) is 7.94. The minimum atomic E-state index is 0.495. The first-order chi connectivity index (χ1) is 11.2. The van der Waals surface area contributed by atoms with Gasteiger partial charge in [-0.15, -0.1) is 0 Å². The highest BCUT2D eigenvalue weighted by molar-refractivity contribution is 6.00. The van der Waals surface area contributed by atoms with Crippen LogP contribution in [0.2, 0.25) is 0 Å². The Hall–Kier alpha value is -1.38. The van der Waals surface area contributed by atoms with Crippen LogP contribution in [0.4, 0.5) is 0 Å². The van der Waals surface area contributed by atoms with Crippen LogP contribution in [-0.2, 0) is 0 Å². The maximum absolute atomic E-state index is 6.03. The normalized spacial score (nSPS) is 22.5. The molecule has 1 aromatic rings. The van der Waals surface area contributed by atoms with Gasteiger partial charge in [-0.3, -0.25) is 9.98 Å². The first-order valence-corrected chi connectivity index (χ1v) is 9.42. The minimum absolute atomic E-state index is 0.495. The molecule has 1 aromatic heterocycles. The van der Waals surface area contributed by atoms with Crippen LogP contribution in [0.25, 0.3) is 0 Å². The fraction of sp³-hybridized carbons (Fsp3) is 0.700. The lowest BCUT2D eigenvalue weighted by atomic mass is 9.96. The van der Waals surface area contributed by atoms with Gasteiger partial charge in [-0.1, -0.05) is 38.5 Å². The van der Waals surface area contributed by atoms with Crippen molar-refractivity contribution >= 4 is 11.4 Å². The monoisotopic (exact) mass is 314 g/mol. The molecule has 2 aliphatic rings. The highest BCUT2D eigenvalue weighted by Crippen LogP contribution is 2.23. The van der Waals surface area contributed by atoms with Crippen LogP contribution in [-0.4, -0.2) is 23.5 Å². The van der Waals surface area contributed by atoms with Gasteiger partial charge in [0.1, 0.15) is 11.5 Å². The van der Waals surface area contributed by atoms with Gasteiger partial charge in [0, 0.05) is 0 Å². The summed E-state index contributed by atoms with van der Waals surface area (Å²) in [7, 11) is 0. The first kappa shape index (κ1) is 16.5. The van der Waals surface area contributed by atoms with E-state index in [-0.39, 0.29) is 0 Å². The molecule has 2 saturated carbocycles. The van der Waals surface area contributed by atoms with E-state index in [0.717, 1.165) is 22.9 Å². The van der Waals surface area contributed by atoms with Crippen molar-refractivity contribution in [1.29, 1.82) is 0 Å². The largest absolute Gasteiger partial charge is 0.454 e. The molecule has 3 rings (SSSR count). The maximum Gasteiger partial charge on any atom is 0.148 e. The number of nitrogens with zero attached hydrogens (tertiary/aromatic N) is 2. The van der Waals surface area contributed by atoms with E-state index >= 15 is 0 Å². The van der Waals surface area contributed by atoms with Gasteiger partial charge in [0.05, 0.1) is 23.5 Å². The summed E-state index contributed by atoms with van der Waals surface area (Å²) in [5, 5.41) is 0. The summed E-state index contributed by atoms with van der Waals surface area (Å²) >= 11 is 0. The molecule has 23 heavy (non-hydrogen) atoms. The van der Waals surface area contributed by atoms with Gasteiger partial charge >= 0.3 is 0 Å². The van der Waals surface area contributed by atoms with Crippen molar-refractivity contribution in [3.05, 3.63) is 23.7 Å². The predicted molar refractivity (Wildman–Crippen MR) is 96.9 cm³/mol. The van der Waals surface area contributed by atoms with Crippen LogP contribution in [0.5, 0.6) is 0 Å². The molecule has 0 radical (unpaired) electrons. The molecule has 0 amide bonds. The van der Waals surface area contributed by atoms with Crippen molar-refractivity contribution in [2.45, 2.75) is 90.1 Å². The van der Waals surface area contributed by atoms with Crippen molar-refractivity contribution in [1.82, 2.24) is 0 Å². The van der Waals surface area contributed by atoms with E-state index in [1.165, 1.54) is 64.2 Å². The summed E-state index contributed by atoms with van der Waals surface area (Å²) in [5.74, 6) is 1.81. The average Bonchev–Trinajstić information content (AvgIpc) is 3.07.